The normalized spacial score (nSPS) is 22.3. The molecule has 3 aromatic rings. The number of nitrogens with one attached hydrogen (secondary N) is 3. The molecule has 3 aliphatic rings. The number of likely N-dealkylation sites (tertiary alicyclic amines) is 1. The van der Waals surface area contributed by atoms with E-state index in [1.807, 2.05) is 53.0 Å². The number of methoxy groups -OCH3 is 1. The van der Waals surface area contributed by atoms with Crippen LogP contribution in [0.5, 0.6) is 11.5 Å². The number of benzene rings is 1. The quantitative estimate of drug-likeness (QED) is 0.0339. The number of amides is 3. The van der Waals surface area contributed by atoms with Gasteiger partial charge in [0.15, 0.2) is 5.13 Å². The lowest BCUT2D eigenvalue weighted by Crippen LogP contribution is -2.58. The average molecular weight is 927 g/mol. The number of rotatable bonds is 19. The van der Waals surface area contributed by atoms with Crippen LogP contribution in [0.1, 0.15) is 92.9 Å². The van der Waals surface area contributed by atoms with Gasteiger partial charge in [-0.2, -0.15) is 0 Å². The fourth-order valence-corrected chi connectivity index (χ4v) is 11.0. The van der Waals surface area contributed by atoms with Gasteiger partial charge in [-0.1, -0.05) is 40.2 Å². The largest absolute Gasteiger partial charge is 0.510 e. The molecule has 0 spiro atoms. The summed E-state index contributed by atoms with van der Waals surface area (Å²) >= 11 is 1.45. The Balaban J connectivity index is 1.30. The van der Waals surface area contributed by atoms with Gasteiger partial charge >= 0.3 is 12.2 Å². The van der Waals surface area contributed by atoms with E-state index in [9.17, 15) is 23.7 Å². The lowest BCUT2D eigenvalue weighted by molar-refractivity contribution is -0.142. The van der Waals surface area contributed by atoms with Crippen molar-refractivity contribution in [2.24, 2.45) is 11.3 Å². The minimum Gasteiger partial charge on any atom is -0.497 e. The van der Waals surface area contributed by atoms with Crippen molar-refractivity contribution in [1.82, 2.24) is 25.5 Å². The Morgan fingerprint density at radius 2 is 1.83 bits per heavy atom. The Hall–Kier alpha value is -4.93. The minimum absolute atomic E-state index is 0.0336. The standard InChI is InChI=1S/C45H63N6O11PS/c1-10-12-19-58-43(55)59-26-60-63(9,56)45(23-28(45)11-2)50-39(52)36-21-31(24-51(36)40(53)38(44(5,6)7)49-42(54)62-29-15-13-14-16-29)61-37-22-34(35-25-64-41(48-35)46-27(3)4)47-33-20-30(57-8)17-18-32(33)37/h11,17-18,20,22,25,27-29,31,36,38H,2,10,12-16,19,21,23-24,26H2,1,3-9H3,(H,46,48)(H,49,54)(H,50,52)/t28-,31-,36?,38?,45+,63?/m1/s1. The Bertz CT molecular complexity index is 2230. The van der Waals surface area contributed by atoms with E-state index in [4.69, 9.17) is 38.2 Å². The van der Waals surface area contributed by atoms with E-state index in [1.165, 1.54) is 22.9 Å². The van der Waals surface area contributed by atoms with Gasteiger partial charge in [-0.05, 0) is 69.9 Å². The van der Waals surface area contributed by atoms with Crippen molar-refractivity contribution in [3.63, 3.8) is 0 Å². The predicted octanol–water partition coefficient (Wildman–Crippen LogP) is 8.47. The second-order valence-electron chi connectivity index (χ2n) is 18.1. The first-order chi connectivity index (χ1) is 30.4. The number of alkyl carbamates (subject to hydrolysis) is 1. The molecule has 2 aromatic heterocycles. The van der Waals surface area contributed by atoms with E-state index in [0.29, 0.717) is 40.2 Å². The van der Waals surface area contributed by atoms with E-state index in [-0.39, 0.29) is 38.1 Å². The molecule has 19 heteroatoms. The summed E-state index contributed by atoms with van der Waals surface area (Å²) in [5.74, 6) is -0.531. The SMILES string of the molecule is C=C[C@@H]1C[C@]1(NC(=O)C1C[C@@H](Oc2cc(-c3csc(NC(C)C)n3)nc3cc(OC)ccc23)CN1C(=O)C(NC(=O)OC1CCCC1)C(C)(C)C)P(C)(=O)OCOC(=O)OCCCC. The second kappa shape index (κ2) is 20.5. The van der Waals surface area contributed by atoms with Crippen LogP contribution >= 0.6 is 18.7 Å². The third-order valence-electron chi connectivity index (χ3n) is 11.8. The molecule has 1 aliphatic heterocycles. The maximum atomic E-state index is 14.9. The highest BCUT2D eigenvalue weighted by atomic mass is 32.1. The van der Waals surface area contributed by atoms with Crippen molar-refractivity contribution in [2.75, 3.05) is 39.0 Å². The molecule has 17 nitrogen and oxygen atoms in total. The summed E-state index contributed by atoms with van der Waals surface area (Å²) in [6.07, 6.45) is 4.09. The number of nitrogens with zero attached hydrogens (tertiary/aromatic N) is 3. The van der Waals surface area contributed by atoms with Gasteiger partial charge in [0.1, 0.15) is 46.8 Å². The average Bonchev–Trinajstić information content (AvgIpc) is 3.63. The van der Waals surface area contributed by atoms with Gasteiger partial charge in [-0.3, -0.25) is 18.7 Å². The van der Waals surface area contributed by atoms with Gasteiger partial charge in [0, 0.05) is 47.9 Å². The number of thiazole rings is 1. The maximum absolute atomic E-state index is 14.9. The molecule has 3 unspecified atom stereocenters. The number of pyridine rings is 1. The highest BCUT2D eigenvalue weighted by molar-refractivity contribution is 7.60. The van der Waals surface area contributed by atoms with E-state index < -0.39 is 73.0 Å². The number of carbonyl (C=O) groups is 4. The summed E-state index contributed by atoms with van der Waals surface area (Å²) in [6.45, 7) is 16.2. The molecule has 64 heavy (non-hydrogen) atoms. The smallest absolute Gasteiger partial charge is 0.497 e. The van der Waals surface area contributed by atoms with Crippen LogP contribution in [0.4, 0.5) is 14.7 Å². The molecule has 2 saturated carbocycles. The maximum Gasteiger partial charge on any atom is 0.510 e. The molecule has 3 fully saturated rings. The number of anilines is 1. The highest BCUT2D eigenvalue weighted by Gasteiger charge is 2.65. The van der Waals surface area contributed by atoms with Crippen molar-refractivity contribution in [3.05, 3.63) is 42.3 Å². The van der Waals surface area contributed by atoms with Crippen molar-refractivity contribution in [2.45, 2.75) is 129 Å². The molecule has 1 aromatic carbocycles. The van der Waals surface area contributed by atoms with Gasteiger partial charge in [0.2, 0.25) is 26.0 Å². The van der Waals surface area contributed by atoms with Crippen LogP contribution in [0.3, 0.4) is 0 Å². The molecule has 3 heterocycles. The summed E-state index contributed by atoms with van der Waals surface area (Å²) in [6, 6.07) is 5.16. The predicted molar refractivity (Wildman–Crippen MR) is 244 cm³/mol. The first-order valence-electron chi connectivity index (χ1n) is 22.0. The number of hydrogen-bond acceptors (Lipinski definition) is 15. The first-order valence-corrected chi connectivity index (χ1v) is 24.9. The molecule has 0 radical (unpaired) electrons. The zero-order valence-electron chi connectivity index (χ0n) is 38.1. The molecule has 3 N–H and O–H groups in total. The highest BCUT2D eigenvalue weighted by Crippen LogP contribution is 2.70. The number of unbranched alkanes of at least 4 members (excludes halogenated alkanes) is 1. The van der Waals surface area contributed by atoms with Crippen LogP contribution in [0.25, 0.3) is 22.3 Å². The van der Waals surface area contributed by atoms with Crippen molar-refractivity contribution >= 4 is 58.8 Å². The Kier molecular flexibility index (Phi) is 15.5. The molecule has 350 valence electrons. The van der Waals surface area contributed by atoms with Gasteiger partial charge in [-0.25, -0.2) is 19.6 Å². The summed E-state index contributed by atoms with van der Waals surface area (Å²) in [5, 5.41) is 11.0. The zero-order chi connectivity index (χ0) is 46.4. The molecule has 3 amide bonds. The van der Waals surface area contributed by atoms with Crippen LogP contribution in [0.2, 0.25) is 0 Å². The van der Waals surface area contributed by atoms with Crippen LogP contribution in [0.15, 0.2) is 42.3 Å². The molecular weight excluding hydrogens is 864 g/mol. The molecule has 1 saturated heterocycles. The van der Waals surface area contributed by atoms with Gasteiger partial charge in [0.05, 0.1) is 31.5 Å². The first kappa shape index (κ1) is 48.5. The summed E-state index contributed by atoms with van der Waals surface area (Å²) < 4.78 is 48.1. The molecule has 0 bridgehead atoms. The Morgan fingerprint density at radius 3 is 2.48 bits per heavy atom. The number of ether oxygens (including phenoxy) is 5. The van der Waals surface area contributed by atoms with Crippen LogP contribution in [0, 0.1) is 11.3 Å². The van der Waals surface area contributed by atoms with Crippen molar-refractivity contribution < 1.29 is 52.0 Å². The fraction of sp³-hybridized carbons (Fsp3) is 0.600. The van der Waals surface area contributed by atoms with Crippen LogP contribution < -0.4 is 25.4 Å². The van der Waals surface area contributed by atoms with E-state index in [2.05, 4.69) is 22.5 Å². The minimum atomic E-state index is -3.78. The van der Waals surface area contributed by atoms with E-state index in [0.717, 1.165) is 37.2 Å². The number of hydrogen-bond donors (Lipinski definition) is 3. The van der Waals surface area contributed by atoms with Crippen molar-refractivity contribution in [1.29, 1.82) is 0 Å². The fourth-order valence-electron chi connectivity index (χ4n) is 8.11. The zero-order valence-corrected chi connectivity index (χ0v) is 39.8. The van der Waals surface area contributed by atoms with Crippen LogP contribution in [-0.2, 0) is 32.9 Å². The summed E-state index contributed by atoms with van der Waals surface area (Å²) in [5.41, 5.74) is 0.945. The lowest BCUT2D eigenvalue weighted by Gasteiger charge is -2.36. The van der Waals surface area contributed by atoms with E-state index in [1.54, 1.807) is 31.4 Å². The Labute approximate surface area is 379 Å². The lowest BCUT2D eigenvalue weighted by atomic mass is 9.85. The number of fused-ring (bicyclic) bond motifs is 1. The van der Waals surface area contributed by atoms with Gasteiger partial charge in [-0.15, -0.1) is 17.9 Å². The van der Waals surface area contributed by atoms with Gasteiger partial charge < -0.3 is 44.5 Å². The second-order valence-corrected chi connectivity index (χ2v) is 21.7. The Morgan fingerprint density at radius 1 is 1.08 bits per heavy atom. The summed E-state index contributed by atoms with van der Waals surface area (Å²) in [4.78, 5) is 66.2. The molecule has 6 atom stereocenters. The third kappa shape index (κ3) is 11.5. The number of carbonyl (C=O) groups excluding carboxylic acids is 4. The molecular formula is C45H63N6O11PS. The molecule has 2 aliphatic carbocycles. The summed E-state index contributed by atoms with van der Waals surface area (Å²) in [7, 11) is -2.21. The van der Waals surface area contributed by atoms with E-state index >= 15 is 0 Å². The topological polar surface area (TPSA) is 206 Å². The van der Waals surface area contributed by atoms with Crippen LogP contribution in [-0.4, -0.2) is 108 Å². The third-order valence-corrected chi connectivity index (χ3v) is 15.2. The monoisotopic (exact) mass is 926 g/mol. The van der Waals surface area contributed by atoms with Gasteiger partial charge in [0.25, 0.3) is 0 Å². The van der Waals surface area contributed by atoms with Crippen molar-refractivity contribution in [3.8, 4) is 22.9 Å². The number of aromatic nitrogens is 2. The molecule has 6 rings (SSSR count).